The lowest BCUT2D eigenvalue weighted by atomic mass is 9.63. The molecular formula is C22H17N3O5. The third kappa shape index (κ3) is 2.36. The Morgan fingerprint density at radius 1 is 1.07 bits per heavy atom. The first-order valence-electron chi connectivity index (χ1n) is 9.98. The zero-order valence-corrected chi connectivity index (χ0v) is 15.8. The molecule has 0 unspecified atom stereocenters. The minimum Gasteiger partial charge on any atom is -0.455 e. The molecule has 8 heteroatoms. The maximum absolute atomic E-state index is 12.9. The van der Waals surface area contributed by atoms with Crippen LogP contribution >= 0.6 is 0 Å². The van der Waals surface area contributed by atoms with E-state index in [1.807, 2.05) is 0 Å². The van der Waals surface area contributed by atoms with Crippen molar-refractivity contribution in [2.45, 2.75) is 6.42 Å². The number of imide groups is 1. The first kappa shape index (κ1) is 17.3. The molecular weight excluding hydrogens is 386 g/mol. The number of nitro benzene ring substituents is 1. The van der Waals surface area contributed by atoms with Crippen LogP contribution < -0.4 is 0 Å². The van der Waals surface area contributed by atoms with E-state index in [1.165, 1.54) is 18.3 Å². The second-order valence-corrected chi connectivity index (χ2v) is 8.40. The van der Waals surface area contributed by atoms with E-state index in [1.54, 1.807) is 24.3 Å². The van der Waals surface area contributed by atoms with Gasteiger partial charge in [-0.25, -0.2) is 0 Å². The van der Waals surface area contributed by atoms with Gasteiger partial charge in [0.25, 0.3) is 17.5 Å². The maximum atomic E-state index is 12.9. The van der Waals surface area contributed by atoms with E-state index in [0.717, 1.165) is 11.4 Å². The van der Waals surface area contributed by atoms with Crippen LogP contribution in [0.4, 0.5) is 5.69 Å². The van der Waals surface area contributed by atoms with Gasteiger partial charge < -0.3 is 4.42 Å². The molecule has 1 saturated heterocycles. The van der Waals surface area contributed by atoms with Crippen molar-refractivity contribution in [3.63, 3.8) is 0 Å². The van der Waals surface area contributed by atoms with Crippen molar-refractivity contribution in [2.24, 2.45) is 40.6 Å². The van der Waals surface area contributed by atoms with Crippen LogP contribution in [0.15, 0.2) is 58.1 Å². The molecule has 2 saturated carbocycles. The summed E-state index contributed by atoms with van der Waals surface area (Å²) in [6.07, 6.45) is 6.71. The highest BCUT2D eigenvalue weighted by molar-refractivity contribution is 6.06. The largest absolute Gasteiger partial charge is 0.455 e. The van der Waals surface area contributed by atoms with Gasteiger partial charge in [0.05, 0.1) is 23.0 Å². The topological polar surface area (TPSA) is 106 Å². The van der Waals surface area contributed by atoms with Crippen LogP contribution in [0.2, 0.25) is 0 Å². The lowest BCUT2D eigenvalue weighted by molar-refractivity contribution is -0.384. The molecule has 2 heterocycles. The summed E-state index contributed by atoms with van der Waals surface area (Å²) < 4.78 is 5.70. The Kier molecular flexibility index (Phi) is 3.45. The molecule has 0 N–H and O–H groups in total. The van der Waals surface area contributed by atoms with E-state index in [9.17, 15) is 19.7 Å². The molecule has 0 spiro atoms. The van der Waals surface area contributed by atoms with Gasteiger partial charge in [-0.2, -0.15) is 10.1 Å². The molecule has 8 nitrogen and oxygen atoms in total. The molecule has 7 rings (SSSR count). The van der Waals surface area contributed by atoms with E-state index in [2.05, 4.69) is 17.3 Å². The number of hydrogen-bond acceptors (Lipinski definition) is 6. The number of non-ortho nitro benzene ring substituents is 1. The highest BCUT2D eigenvalue weighted by atomic mass is 16.6. The van der Waals surface area contributed by atoms with Gasteiger partial charge in [0.15, 0.2) is 0 Å². The van der Waals surface area contributed by atoms with Crippen LogP contribution in [0, 0.1) is 45.6 Å². The number of benzene rings is 1. The zero-order chi connectivity index (χ0) is 20.6. The number of amides is 2. The van der Waals surface area contributed by atoms with Gasteiger partial charge in [0.2, 0.25) is 0 Å². The maximum Gasteiger partial charge on any atom is 0.270 e. The molecule has 150 valence electrons. The van der Waals surface area contributed by atoms with Crippen LogP contribution in [0.25, 0.3) is 11.3 Å². The first-order chi connectivity index (χ1) is 14.5. The lowest BCUT2D eigenvalue weighted by Gasteiger charge is -2.37. The minimum absolute atomic E-state index is 0.0312. The number of carbonyl (C=O) groups excluding carboxylic acids is 2. The lowest BCUT2D eigenvalue weighted by Crippen LogP contribution is -2.40. The summed E-state index contributed by atoms with van der Waals surface area (Å²) >= 11 is 0. The number of allylic oxidation sites excluding steroid dienone is 2. The highest BCUT2D eigenvalue weighted by Crippen LogP contribution is 2.65. The molecule has 0 radical (unpaired) electrons. The summed E-state index contributed by atoms with van der Waals surface area (Å²) in [7, 11) is 0. The van der Waals surface area contributed by atoms with Gasteiger partial charge in [-0.15, -0.1) is 0 Å². The number of nitro groups is 1. The average molecular weight is 403 g/mol. The SMILES string of the molecule is O=C1[C@@H]2[C@@H]3C=C[C@H]([C@H]4C[C@H]34)[C@@H]2C(=O)N1/N=C\c1ccc(-c2cccc([N+](=O)[O-])c2)o1. The second-order valence-electron chi connectivity index (χ2n) is 8.40. The third-order valence-electron chi connectivity index (χ3n) is 6.91. The fourth-order valence-electron chi connectivity index (χ4n) is 5.52. The number of rotatable bonds is 4. The summed E-state index contributed by atoms with van der Waals surface area (Å²) in [5.74, 6) is 1.18. The molecule has 2 aromatic rings. The van der Waals surface area contributed by atoms with Gasteiger partial charge >= 0.3 is 0 Å². The fourth-order valence-corrected chi connectivity index (χ4v) is 5.52. The molecule has 3 fully saturated rings. The Hall–Kier alpha value is -3.55. The fraction of sp³-hybridized carbons (Fsp3) is 0.318. The normalized spacial score (nSPS) is 33.3. The minimum atomic E-state index is -0.467. The van der Waals surface area contributed by atoms with Gasteiger partial charge in [-0.3, -0.25) is 19.7 Å². The van der Waals surface area contributed by atoms with Crippen LogP contribution in [0.3, 0.4) is 0 Å². The van der Waals surface area contributed by atoms with Crippen molar-refractivity contribution in [1.82, 2.24) is 5.01 Å². The molecule has 1 aliphatic heterocycles. The molecule has 5 aliphatic rings. The number of hydrazone groups is 1. The summed E-state index contributed by atoms with van der Waals surface area (Å²) in [5.41, 5.74) is 0.529. The molecule has 2 amide bonds. The Balaban J connectivity index is 1.24. The number of hydrogen-bond donors (Lipinski definition) is 0. The van der Waals surface area contributed by atoms with Crippen molar-refractivity contribution < 1.29 is 18.9 Å². The quantitative estimate of drug-likeness (QED) is 0.256. The van der Waals surface area contributed by atoms with E-state index >= 15 is 0 Å². The Morgan fingerprint density at radius 3 is 2.43 bits per heavy atom. The van der Waals surface area contributed by atoms with Crippen LogP contribution in [0.1, 0.15) is 12.2 Å². The molecule has 6 atom stereocenters. The van der Waals surface area contributed by atoms with E-state index < -0.39 is 4.92 Å². The number of nitrogens with zero attached hydrogens (tertiary/aromatic N) is 3. The molecule has 1 aromatic heterocycles. The smallest absolute Gasteiger partial charge is 0.270 e. The van der Waals surface area contributed by atoms with Gasteiger partial charge in [0, 0.05) is 17.7 Å². The monoisotopic (exact) mass is 403 g/mol. The first-order valence-corrected chi connectivity index (χ1v) is 9.98. The van der Waals surface area contributed by atoms with Crippen molar-refractivity contribution in [3.8, 4) is 11.3 Å². The molecule has 4 aliphatic carbocycles. The van der Waals surface area contributed by atoms with E-state index in [0.29, 0.717) is 28.9 Å². The third-order valence-corrected chi connectivity index (χ3v) is 6.91. The van der Waals surface area contributed by atoms with Crippen LogP contribution in [-0.2, 0) is 9.59 Å². The number of furan rings is 1. The molecule has 1 aromatic carbocycles. The van der Waals surface area contributed by atoms with Crippen LogP contribution in [-0.4, -0.2) is 28.0 Å². The van der Waals surface area contributed by atoms with E-state index in [-0.39, 0.29) is 41.2 Å². The number of carbonyl (C=O) groups is 2. The zero-order valence-electron chi connectivity index (χ0n) is 15.8. The summed E-state index contributed by atoms with van der Waals surface area (Å²) in [6, 6.07) is 9.44. The summed E-state index contributed by atoms with van der Waals surface area (Å²) in [4.78, 5) is 36.3. The Morgan fingerprint density at radius 2 is 1.77 bits per heavy atom. The molecule has 2 bridgehead atoms. The van der Waals surface area contributed by atoms with E-state index in [4.69, 9.17) is 4.42 Å². The predicted octanol–water partition coefficient (Wildman–Crippen LogP) is 3.24. The standard InChI is InChI=1S/C22H17N3O5/c26-21-19-14-5-6-15(17-9-16(14)17)20(19)22(27)24(21)23-10-13-4-7-18(30-13)11-2-1-3-12(8-11)25(28)29/h1-8,10,14-17,19-20H,9H2/b23-10-/t14-,15-,16-,17-,19-,20+/m1/s1. The highest BCUT2D eigenvalue weighted by Gasteiger charge is 2.67. The van der Waals surface area contributed by atoms with Gasteiger partial charge in [-0.05, 0) is 42.2 Å². The van der Waals surface area contributed by atoms with Gasteiger partial charge in [-0.1, -0.05) is 24.3 Å². The Labute approximate surface area is 171 Å². The second kappa shape index (κ2) is 5.98. The summed E-state index contributed by atoms with van der Waals surface area (Å²) in [5, 5.41) is 16.1. The van der Waals surface area contributed by atoms with Crippen LogP contribution in [0.5, 0.6) is 0 Å². The van der Waals surface area contributed by atoms with Crippen molar-refractivity contribution in [1.29, 1.82) is 0 Å². The van der Waals surface area contributed by atoms with Crippen molar-refractivity contribution in [2.75, 3.05) is 0 Å². The summed E-state index contributed by atoms with van der Waals surface area (Å²) in [6.45, 7) is 0. The average Bonchev–Trinajstić information content (AvgIpc) is 3.39. The van der Waals surface area contributed by atoms with Crippen molar-refractivity contribution in [3.05, 3.63) is 64.4 Å². The van der Waals surface area contributed by atoms with Crippen molar-refractivity contribution >= 4 is 23.7 Å². The Bertz CT molecular complexity index is 1130. The van der Waals surface area contributed by atoms with Gasteiger partial charge in [0.1, 0.15) is 11.5 Å². The molecule has 30 heavy (non-hydrogen) atoms. The predicted molar refractivity (Wildman–Crippen MR) is 105 cm³/mol.